The van der Waals surface area contributed by atoms with Crippen LogP contribution in [0.4, 0.5) is 0 Å². The molecule has 33 heavy (non-hydrogen) atoms. The third kappa shape index (κ3) is 12.2. The lowest BCUT2D eigenvalue weighted by Crippen LogP contribution is -2.34. The molecule has 0 saturated carbocycles. The maximum Gasteiger partial charge on any atom is 0.233 e. The molecule has 2 atom stereocenters. The smallest absolute Gasteiger partial charge is 0.233 e. The predicted molar refractivity (Wildman–Crippen MR) is 130 cm³/mol. The molecule has 1 saturated heterocycles. The molecule has 0 bridgehead atoms. The summed E-state index contributed by atoms with van der Waals surface area (Å²) in [7, 11) is 0. The van der Waals surface area contributed by atoms with Gasteiger partial charge in [-0.3, -0.25) is 19.3 Å². The number of rotatable bonds is 19. The van der Waals surface area contributed by atoms with E-state index in [4.69, 9.17) is 10.2 Å². The van der Waals surface area contributed by atoms with Crippen LogP contribution in [0.1, 0.15) is 84.0 Å². The molecule has 0 radical (unpaired) electrons. The second-order valence-corrected chi connectivity index (χ2v) is 8.77. The highest BCUT2D eigenvalue weighted by Gasteiger charge is 2.41. The van der Waals surface area contributed by atoms with Crippen molar-refractivity contribution in [2.24, 2.45) is 11.8 Å². The van der Waals surface area contributed by atoms with Gasteiger partial charge in [-0.25, -0.2) is 0 Å². The van der Waals surface area contributed by atoms with E-state index >= 15 is 0 Å². The highest BCUT2D eigenvalue weighted by molar-refractivity contribution is 6.03. The fourth-order valence-corrected chi connectivity index (χ4v) is 4.18. The van der Waals surface area contributed by atoms with Gasteiger partial charge < -0.3 is 15.5 Å². The Hall–Kier alpha value is -1.99. The second-order valence-electron chi connectivity index (χ2n) is 8.77. The largest absolute Gasteiger partial charge is 0.395 e. The van der Waals surface area contributed by atoms with Crippen molar-refractivity contribution >= 4 is 17.7 Å². The fraction of sp³-hybridized carbons (Fsp3) is 0.731. The van der Waals surface area contributed by atoms with Gasteiger partial charge in [0.2, 0.25) is 17.7 Å². The zero-order chi connectivity index (χ0) is 24.3. The van der Waals surface area contributed by atoms with Crippen LogP contribution in [0.15, 0.2) is 24.3 Å². The van der Waals surface area contributed by atoms with E-state index in [1.807, 2.05) is 12.2 Å². The number of carbonyl (C=O) groups excluding carboxylic acids is 3. The summed E-state index contributed by atoms with van der Waals surface area (Å²) in [6, 6.07) is 0. The Morgan fingerprint density at radius 2 is 1.82 bits per heavy atom. The van der Waals surface area contributed by atoms with E-state index in [0.29, 0.717) is 13.0 Å². The second kappa shape index (κ2) is 18.4. The van der Waals surface area contributed by atoms with Gasteiger partial charge >= 0.3 is 0 Å². The zero-order valence-electron chi connectivity index (χ0n) is 20.3. The molecule has 7 nitrogen and oxygen atoms in total. The highest BCUT2D eigenvalue weighted by atomic mass is 16.3. The van der Waals surface area contributed by atoms with Crippen molar-refractivity contribution in [3.05, 3.63) is 24.3 Å². The summed E-state index contributed by atoms with van der Waals surface area (Å²) in [6.07, 6.45) is 19.4. The van der Waals surface area contributed by atoms with Crippen LogP contribution in [0.2, 0.25) is 0 Å². The van der Waals surface area contributed by atoms with Crippen LogP contribution >= 0.6 is 0 Å². The molecule has 1 aliphatic rings. The zero-order valence-corrected chi connectivity index (χ0v) is 20.3. The Morgan fingerprint density at radius 1 is 1.06 bits per heavy atom. The Kier molecular flexibility index (Phi) is 16.2. The van der Waals surface area contributed by atoms with Crippen molar-refractivity contribution < 1.29 is 24.6 Å². The average molecular weight is 465 g/mol. The maximum absolute atomic E-state index is 12.7. The van der Waals surface area contributed by atoms with Crippen molar-refractivity contribution in [1.29, 1.82) is 0 Å². The summed E-state index contributed by atoms with van der Waals surface area (Å²) in [5.74, 6) is -0.562. The van der Waals surface area contributed by atoms with Crippen LogP contribution in [-0.4, -0.2) is 59.1 Å². The quantitative estimate of drug-likeness (QED) is 0.154. The van der Waals surface area contributed by atoms with Gasteiger partial charge in [0.25, 0.3) is 0 Å². The van der Waals surface area contributed by atoms with E-state index in [2.05, 4.69) is 24.4 Å². The third-order valence-electron chi connectivity index (χ3n) is 6.07. The molecule has 1 fully saturated rings. The predicted octanol–water partition coefficient (Wildman–Crippen LogP) is 3.50. The van der Waals surface area contributed by atoms with E-state index in [0.717, 1.165) is 64.2 Å². The molecule has 188 valence electrons. The molecule has 1 heterocycles. The minimum absolute atomic E-state index is 0.0107. The molecule has 7 heteroatoms. The Morgan fingerprint density at radius 3 is 2.55 bits per heavy atom. The Bertz CT molecular complexity index is 632. The Labute approximate surface area is 199 Å². The van der Waals surface area contributed by atoms with Crippen molar-refractivity contribution in [1.82, 2.24) is 10.2 Å². The van der Waals surface area contributed by atoms with Crippen molar-refractivity contribution in [3.63, 3.8) is 0 Å². The lowest BCUT2D eigenvalue weighted by Gasteiger charge is -2.19. The summed E-state index contributed by atoms with van der Waals surface area (Å²) in [5, 5.41) is 20.5. The van der Waals surface area contributed by atoms with Crippen LogP contribution < -0.4 is 5.32 Å². The van der Waals surface area contributed by atoms with Gasteiger partial charge in [0.1, 0.15) is 0 Å². The molecule has 0 aliphatic carbocycles. The third-order valence-corrected chi connectivity index (χ3v) is 6.07. The van der Waals surface area contributed by atoms with Crippen molar-refractivity contribution in [2.45, 2.75) is 84.0 Å². The number of aliphatic hydroxyl groups is 2. The lowest BCUT2D eigenvalue weighted by molar-refractivity contribution is -0.140. The molecule has 1 aliphatic heterocycles. The first-order valence-corrected chi connectivity index (χ1v) is 12.7. The van der Waals surface area contributed by atoms with Gasteiger partial charge in [0.15, 0.2) is 0 Å². The number of carbonyl (C=O) groups is 3. The van der Waals surface area contributed by atoms with E-state index in [-0.39, 0.29) is 55.7 Å². The van der Waals surface area contributed by atoms with Crippen LogP contribution in [0, 0.1) is 11.8 Å². The number of likely N-dealkylation sites (tertiary alicyclic amines) is 1. The summed E-state index contributed by atoms with van der Waals surface area (Å²) in [6.45, 7) is 2.36. The van der Waals surface area contributed by atoms with Gasteiger partial charge in [-0.1, -0.05) is 69.8 Å². The first-order chi connectivity index (χ1) is 16.0. The van der Waals surface area contributed by atoms with E-state index in [9.17, 15) is 14.4 Å². The van der Waals surface area contributed by atoms with E-state index in [1.54, 1.807) is 0 Å². The minimum atomic E-state index is -0.309. The number of nitrogens with one attached hydrogen (secondary N) is 1. The molecule has 0 aromatic heterocycles. The number of β-amino-alcohol motifs (C(OH)–C–C–N with tert-alkyl or cyclic N) is 1. The first-order valence-electron chi connectivity index (χ1n) is 12.7. The molecule has 0 aromatic carbocycles. The fourth-order valence-electron chi connectivity index (χ4n) is 4.18. The van der Waals surface area contributed by atoms with E-state index in [1.165, 1.54) is 4.90 Å². The molecule has 0 aromatic rings. The van der Waals surface area contributed by atoms with Crippen LogP contribution in [0.5, 0.6) is 0 Å². The van der Waals surface area contributed by atoms with Crippen LogP contribution in [-0.2, 0) is 14.4 Å². The molecule has 0 spiro atoms. The van der Waals surface area contributed by atoms with Gasteiger partial charge in [-0.05, 0) is 31.6 Å². The topological polar surface area (TPSA) is 107 Å². The SMILES string of the molecule is CCCCCC(/C=C/C=C/CCCCCCCC(=O)NCCO)C1CC(=O)N(CCO)C1=O. The average Bonchev–Trinajstić information content (AvgIpc) is 3.08. The summed E-state index contributed by atoms with van der Waals surface area (Å²) in [4.78, 5) is 37.5. The Balaban J connectivity index is 2.33. The highest BCUT2D eigenvalue weighted by Crippen LogP contribution is 2.31. The van der Waals surface area contributed by atoms with Crippen molar-refractivity contribution in [3.8, 4) is 0 Å². The number of nitrogens with zero attached hydrogens (tertiary/aromatic N) is 1. The maximum atomic E-state index is 12.7. The number of allylic oxidation sites excluding steroid dienone is 4. The van der Waals surface area contributed by atoms with Gasteiger partial charge in [0, 0.05) is 19.4 Å². The first kappa shape index (κ1) is 29.0. The van der Waals surface area contributed by atoms with Crippen LogP contribution in [0.3, 0.4) is 0 Å². The van der Waals surface area contributed by atoms with Crippen LogP contribution in [0.25, 0.3) is 0 Å². The molecular weight excluding hydrogens is 420 g/mol. The number of aliphatic hydroxyl groups excluding tert-OH is 2. The number of hydrogen-bond acceptors (Lipinski definition) is 5. The summed E-state index contributed by atoms with van der Waals surface area (Å²) < 4.78 is 0. The molecule has 3 N–H and O–H groups in total. The number of amides is 3. The standard InChI is InChI=1S/C26H44N2O5/c1-2-3-11-14-22(23-21-25(32)28(18-20-30)26(23)33)15-12-9-7-5-4-6-8-10-13-16-24(31)27-17-19-29/h7,9,12,15,22-23,29-30H,2-6,8,10-11,13-14,16-21H2,1H3,(H,27,31)/b9-7+,15-12+. The van der Waals surface area contributed by atoms with Gasteiger partial charge in [-0.2, -0.15) is 0 Å². The molecule has 2 unspecified atom stereocenters. The van der Waals surface area contributed by atoms with Crippen molar-refractivity contribution in [2.75, 3.05) is 26.3 Å². The molecule has 3 amide bonds. The monoisotopic (exact) mass is 464 g/mol. The normalized spacial score (nSPS) is 17.5. The molecule has 1 rings (SSSR count). The molecular formula is C26H44N2O5. The van der Waals surface area contributed by atoms with Gasteiger partial charge in [-0.15, -0.1) is 0 Å². The lowest BCUT2D eigenvalue weighted by atomic mass is 9.86. The summed E-state index contributed by atoms with van der Waals surface area (Å²) in [5.41, 5.74) is 0. The minimum Gasteiger partial charge on any atom is -0.395 e. The van der Waals surface area contributed by atoms with Gasteiger partial charge in [0.05, 0.1) is 25.7 Å². The number of hydrogen-bond donors (Lipinski definition) is 3. The summed E-state index contributed by atoms with van der Waals surface area (Å²) >= 11 is 0. The number of unbranched alkanes of at least 4 members (excludes halogenated alkanes) is 7. The number of imide groups is 1. The van der Waals surface area contributed by atoms with E-state index < -0.39 is 0 Å².